The number of benzene rings is 1. The number of nitrogens with one attached hydrogen (secondary N) is 1. The highest BCUT2D eigenvalue weighted by Gasteiger charge is 2.10. The fourth-order valence-electron chi connectivity index (χ4n) is 2.89. The Morgan fingerprint density at radius 1 is 1.11 bits per heavy atom. The Morgan fingerprint density at radius 3 is 2.75 bits per heavy atom. The fourth-order valence-corrected chi connectivity index (χ4v) is 2.89. The lowest BCUT2D eigenvalue weighted by Crippen LogP contribution is -2.22. The second-order valence-corrected chi connectivity index (χ2v) is 6.60. The maximum Gasteiger partial charge on any atom is 0.259 e. The molecule has 8 heteroatoms. The molecule has 0 aliphatic carbocycles. The third kappa shape index (κ3) is 4.59. The molecule has 8 nitrogen and oxygen atoms in total. The molecule has 0 spiro atoms. The van der Waals surface area contributed by atoms with Crippen LogP contribution in [0.1, 0.15) is 18.3 Å². The number of hydrogen-bond acceptors (Lipinski definition) is 7. The van der Waals surface area contributed by atoms with Gasteiger partial charge in [-0.1, -0.05) is 35.5 Å². The largest absolute Gasteiger partial charge is 0.366 e. The van der Waals surface area contributed by atoms with Crippen molar-refractivity contribution in [3.8, 4) is 11.5 Å². The van der Waals surface area contributed by atoms with Gasteiger partial charge in [0.15, 0.2) is 5.82 Å². The first-order valence-electron chi connectivity index (χ1n) is 9.18. The molecule has 0 amide bonds. The topological polar surface area (TPSA) is 94.6 Å². The lowest BCUT2D eigenvalue weighted by atomic mass is 10.1. The Kier molecular flexibility index (Phi) is 5.37. The second kappa shape index (κ2) is 8.43. The standard InChI is InChI=1S/C20H21N7O/c1-15(12-27-14-21-13-23-27)24-18-10-8-17(11-22-18)20-25-19(26-28-20)9-7-16-5-3-2-4-6-16/h2-6,8,10-11,13-15H,7,9,12H2,1H3,(H,22,24)/t15-/m1/s1. The van der Waals surface area contributed by atoms with E-state index in [0.29, 0.717) is 18.3 Å². The van der Waals surface area contributed by atoms with Crippen molar-refractivity contribution in [3.05, 3.63) is 72.7 Å². The van der Waals surface area contributed by atoms with Crippen LogP contribution in [0.2, 0.25) is 0 Å². The Balaban J connectivity index is 1.34. The molecule has 0 radical (unpaired) electrons. The molecule has 1 aromatic carbocycles. The van der Waals surface area contributed by atoms with E-state index in [-0.39, 0.29) is 6.04 Å². The first-order valence-corrected chi connectivity index (χ1v) is 9.18. The molecule has 4 rings (SSSR count). The number of anilines is 1. The van der Waals surface area contributed by atoms with Gasteiger partial charge in [-0.3, -0.25) is 4.68 Å². The highest BCUT2D eigenvalue weighted by molar-refractivity contribution is 5.54. The van der Waals surface area contributed by atoms with E-state index in [9.17, 15) is 0 Å². The predicted octanol–water partition coefficient (Wildman–Crippen LogP) is 3.01. The lowest BCUT2D eigenvalue weighted by molar-refractivity contribution is 0.422. The van der Waals surface area contributed by atoms with E-state index in [0.717, 1.165) is 24.2 Å². The number of rotatable bonds is 8. The Morgan fingerprint density at radius 2 is 2.00 bits per heavy atom. The van der Waals surface area contributed by atoms with Crippen molar-refractivity contribution in [2.24, 2.45) is 0 Å². The van der Waals surface area contributed by atoms with Gasteiger partial charge in [-0.25, -0.2) is 9.97 Å². The fraction of sp³-hybridized carbons (Fsp3) is 0.250. The Hall–Kier alpha value is -3.55. The van der Waals surface area contributed by atoms with Gasteiger partial charge in [0.2, 0.25) is 0 Å². The van der Waals surface area contributed by atoms with Crippen LogP contribution in [0, 0.1) is 0 Å². The molecule has 1 atom stereocenters. The van der Waals surface area contributed by atoms with Crippen molar-refractivity contribution < 1.29 is 4.52 Å². The molecule has 1 N–H and O–H groups in total. The third-order valence-electron chi connectivity index (χ3n) is 4.28. The molecule has 0 unspecified atom stereocenters. The summed E-state index contributed by atoms with van der Waals surface area (Å²) in [5.74, 6) is 1.96. The van der Waals surface area contributed by atoms with Crippen molar-refractivity contribution >= 4 is 5.82 Å². The van der Waals surface area contributed by atoms with E-state index in [2.05, 4.69) is 49.6 Å². The van der Waals surface area contributed by atoms with Gasteiger partial charge in [-0.2, -0.15) is 10.1 Å². The zero-order chi connectivity index (χ0) is 19.2. The van der Waals surface area contributed by atoms with E-state index in [1.165, 1.54) is 11.9 Å². The summed E-state index contributed by atoms with van der Waals surface area (Å²) in [4.78, 5) is 12.9. The summed E-state index contributed by atoms with van der Waals surface area (Å²) in [6.07, 6.45) is 6.57. The van der Waals surface area contributed by atoms with Crippen LogP contribution in [0.5, 0.6) is 0 Å². The highest BCUT2D eigenvalue weighted by Crippen LogP contribution is 2.18. The van der Waals surface area contributed by atoms with Gasteiger partial charge in [0.05, 0.1) is 12.1 Å². The molecule has 3 aromatic heterocycles. The van der Waals surface area contributed by atoms with E-state index in [4.69, 9.17) is 4.52 Å². The van der Waals surface area contributed by atoms with Crippen molar-refractivity contribution in [1.29, 1.82) is 0 Å². The summed E-state index contributed by atoms with van der Waals surface area (Å²) >= 11 is 0. The molecule has 4 aromatic rings. The quantitative estimate of drug-likeness (QED) is 0.506. The summed E-state index contributed by atoms with van der Waals surface area (Å²) in [5, 5.41) is 11.5. The molecule has 0 bridgehead atoms. The first-order chi connectivity index (χ1) is 13.8. The molecule has 0 saturated heterocycles. The van der Waals surface area contributed by atoms with Crippen molar-refractivity contribution in [3.63, 3.8) is 0 Å². The van der Waals surface area contributed by atoms with Crippen LogP contribution in [-0.2, 0) is 19.4 Å². The summed E-state index contributed by atoms with van der Waals surface area (Å²) in [6.45, 7) is 2.77. The zero-order valence-electron chi connectivity index (χ0n) is 15.6. The normalized spacial score (nSPS) is 12.0. The van der Waals surface area contributed by atoms with Gasteiger partial charge in [0.25, 0.3) is 5.89 Å². The van der Waals surface area contributed by atoms with Gasteiger partial charge in [0.1, 0.15) is 18.5 Å². The molecule has 28 heavy (non-hydrogen) atoms. The Labute approximate surface area is 162 Å². The van der Waals surface area contributed by atoms with Crippen LogP contribution in [-0.4, -0.2) is 35.9 Å². The molecule has 3 heterocycles. The van der Waals surface area contributed by atoms with Gasteiger partial charge < -0.3 is 9.84 Å². The average Bonchev–Trinajstić information content (AvgIpc) is 3.40. The van der Waals surface area contributed by atoms with Crippen LogP contribution < -0.4 is 5.32 Å². The highest BCUT2D eigenvalue weighted by atomic mass is 16.5. The zero-order valence-corrected chi connectivity index (χ0v) is 15.6. The number of aromatic nitrogens is 6. The minimum Gasteiger partial charge on any atom is -0.366 e. The van der Waals surface area contributed by atoms with E-state index >= 15 is 0 Å². The number of nitrogens with zero attached hydrogens (tertiary/aromatic N) is 6. The Bertz CT molecular complexity index is 981. The molecule has 0 aliphatic rings. The molecule has 0 aliphatic heterocycles. The third-order valence-corrected chi connectivity index (χ3v) is 4.28. The minimum atomic E-state index is 0.160. The van der Waals surface area contributed by atoms with Crippen molar-refractivity contribution in [2.75, 3.05) is 5.32 Å². The average molecular weight is 375 g/mol. The van der Waals surface area contributed by atoms with Crippen LogP contribution in [0.3, 0.4) is 0 Å². The van der Waals surface area contributed by atoms with Crippen LogP contribution in [0.4, 0.5) is 5.82 Å². The SMILES string of the molecule is C[C@H](Cn1cncn1)Nc1ccc(-c2nc(CCc3ccccc3)no2)cn1. The first kappa shape index (κ1) is 17.8. The summed E-state index contributed by atoms with van der Waals surface area (Å²) < 4.78 is 7.17. The predicted molar refractivity (Wildman–Crippen MR) is 104 cm³/mol. The van der Waals surface area contributed by atoms with Gasteiger partial charge in [0, 0.05) is 18.7 Å². The molecule has 0 fully saturated rings. The maximum absolute atomic E-state index is 5.39. The summed E-state index contributed by atoms with van der Waals surface area (Å²) in [7, 11) is 0. The van der Waals surface area contributed by atoms with Crippen LogP contribution in [0.15, 0.2) is 65.8 Å². The van der Waals surface area contributed by atoms with E-state index < -0.39 is 0 Å². The van der Waals surface area contributed by atoms with Crippen molar-refractivity contribution in [2.45, 2.75) is 32.4 Å². The molecular formula is C20H21N7O. The number of hydrogen-bond donors (Lipinski definition) is 1. The monoisotopic (exact) mass is 375 g/mol. The lowest BCUT2D eigenvalue weighted by Gasteiger charge is -2.14. The molecule has 142 valence electrons. The molecule has 0 saturated carbocycles. The van der Waals surface area contributed by atoms with Gasteiger partial charge in [-0.15, -0.1) is 0 Å². The minimum absolute atomic E-state index is 0.160. The van der Waals surface area contributed by atoms with E-state index in [1.807, 2.05) is 30.3 Å². The number of aryl methyl sites for hydroxylation is 2. The number of pyridine rings is 1. The summed E-state index contributed by atoms with van der Waals surface area (Å²) in [5.41, 5.74) is 2.05. The van der Waals surface area contributed by atoms with Gasteiger partial charge in [-0.05, 0) is 31.0 Å². The smallest absolute Gasteiger partial charge is 0.259 e. The van der Waals surface area contributed by atoms with Crippen LogP contribution in [0.25, 0.3) is 11.5 Å². The molecular weight excluding hydrogens is 354 g/mol. The van der Waals surface area contributed by atoms with E-state index in [1.54, 1.807) is 17.2 Å². The maximum atomic E-state index is 5.39. The van der Waals surface area contributed by atoms with Gasteiger partial charge >= 0.3 is 0 Å². The van der Waals surface area contributed by atoms with Crippen LogP contribution >= 0.6 is 0 Å². The van der Waals surface area contributed by atoms with Crippen molar-refractivity contribution in [1.82, 2.24) is 29.9 Å². The second-order valence-electron chi connectivity index (χ2n) is 6.60. The summed E-state index contributed by atoms with van der Waals surface area (Å²) in [6, 6.07) is 14.3.